The van der Waals surface area contributed by atoms with Gasteiger partial charge in [-0.1, -0.05) is 32.8 Å². The largest absolute Gasteiger partial charge is 0.314 e. The fourth-order valence-corrected chi connectivity index (χ4v) is 2.14. The molecule has 0 bridgehead atoms. The molecule has 0 aliphatic rings. The molecule has 16 heavy (non-hydrogen) atoms. The maximum atomic E-state index is 4.32. The lowest BCUT2D eigenvalue weighted by molar-refractivity contribution is 0.356. The zero-order chi connectivity index (χ0) is 11.8. The highest BCUT2D eigenvalue weighted by Crippen LogP contribution is 2.12. The fraction of sp³-hybridized carbons (Fsp3) is 0.643. The van der Waals surface area contributed by atoms with E-state index in [4.69, 9.17) is 0 Å². The van der Waals surface area contributed by atoms with E-state index in [0.717, 1.165) is 18.9 Å². The molecular formula is C14H24N2. The standard InChI is InChI=1S/C14H24N2/c1-4-13(5-2)12(3)15-11-9-14-8-6-7-10-16-14/h6-8,10,12-13,15H,4-5,9,11H2,1-3H3. The Bertz CT molecular complexity index is 267. The lowest BCUT2D eigenvalue weighted by atomic mass is 9.95. The van der Waals surface area contributed by atoms with E-state index in [2.05, 4.69) is 37.1 Å². The third-order valence-corrected chi connectivity index (χ3v) is 3.33. The van der Waals surface area contributed by atoms with Gasteiger partial charge in [-0.3, -0.25) is 4.98 Å². The Morgan fingerprint density at radius 1 is 1.25 bits per heavy atom. The highest BCUT2D eigenvalue weighted by atomic mass is 14.9. The summed E-state index contributed by atoms with van der Waals surface area (Å²) in [6, 6.07) is 6.71. The summed E-state index contributed by atoms with van der Waals surface area (Å²) in [6.07, 6.45) is 5.40. The molecule has 1 unspecified atom stereocenters. The summed E-state index contributed by atoms with van der Waals surface area (Å²) < 4.78 is 0. The van der Waals surface area contributed by atoms with Crippen LogP contribution < -0.4 is 5.32 Å². The number of hydrogen-bond acceptors (Lipinski definition) is 2. The van der Waals surface area contributed by atoms with Crippen LogP contribution in [0.3, 0.4) is 0 Å². The van der Waals surface area contributed by atoms with Crippen LogP contribution in [0, 0.1) is 5.92 Å². The van der Waals surface area contributed by atoms with Crippen LogP contribution >= 0.6 is 0 Å². The van der Waals surface area contributed by atoms with Gasteiger partial charge in [0.2, 0.25) is 0 Å². The minimum atomic E-state index is 0.610. The summed E-state index contributed by atoms with van der Waals surface area (Å²) in [6.45, 7) is 7.85. The van der Waals surface area contributed by atoms with Crippen molar-refractivity contribution in [2.45, 2.75) is 46.1 Å². The molecule has 0 aliphatic carbocycles. The number of hydrogen-bond donors (Lipinski definition) is 1. The van der Waals surface area contributed by atoms with Crippen molar-refractivity contribution in [3.05, 3.63) is 30.1 Å². The molecule has 1 atom stereocenters. The minimum Gasteiger partial charge on any atom is -0.314 e. The number of aromatic nitrogens is 1. The van der Waals surface area contributed by atoms with Gasteiger partial charge in [0, 0.05) is 30.9 Å². The van der Waals surface area contributed by atoms with Crippen LogP contribution in [0.4, 0.5) is 0 Å². The van der Waals surface area contributed by atoms with Gasteiger partial charge < -0.3 is 5.32 Å². The van der Waals surface area contributed by atoms with Gasteiger partial charge in [-0.25, -0.2) is 0 Å². The molecule has 90 valence electrons. The van der Waals surface area contributed by atoms with Gasteiger partial charge in [0.15, 0.2) is 0 Å². The van der Waals surface area contributed by atoms with E-state index in [9.17, 15) is 0 Å². The zero-order valence-electron chi connectivity index (χ0n) is 10.7. The normalized spacial score (nSPS) is 13.0. The summed E-state index contributed by atoms with van der Waals surface area (Å²) in [4.78, 5) is 4.32. The maximum absolute atomic E-state index is 4.32. The highest BCUT2D eigenvalue weighted by Gasteiger charge is 2.11. The molecule has 0 radical (unpaired) electrons. The van der Waals surface area contributed by atoms with Gasteiger partial charge in [0.05, 0.1) is 0 Å². The van der Waals surface area contributed by atoms with Gasteiger partial charge in [0.25, 0.3) is 0 Å². The molecule has 2 nitrogen and oxygen atoms in total. The van der Waals surface area contributed by atoms with Crippen molar-refractivity contribution in [2.24, 2.45) is 5.92 Å². The Hall–Kier alpha value is -0.890. The first-order valence-electron chi connectivity index (χ1n) is 6.41. The molecule has 0 aliphatic heterocycles. The van der Waals surface area contributed by atoms with Crippen LogP contribution in [0.5, 0.6) is 0 Å². The van der Waals surface area contributed by atoms with Crippen molar-refractivity contribution < 1.29 is 0 Å². The number of rotatable bonds is 7. The molecule has 1 aromatic heterocycles. The molecule has 1 N–H and O–H groups in total. The second-order valence-corrected chi connectivity index (χ2v) is 4.39. The lowest BCUT2D eigenvalue weighted by Gasteiger charge is -2.22. The van der Waals surface area contributed by atoms with E-state index in [1.54, 1.807) is 0 Å². The van der Waals surface area contributed by atoms with E-state index in [0.29, 0.717) is 6.04 Å². The molecular weight excluding hydrogens is 196 g/mol. The monoisotopic (exact) mass is 220 g/mol. The van der Waals surface area contributed by atoms with Gasteiger partial charge in [-0.2, -0.15) is 0 Å². The van der Waals surface area contributed by atoms with Crippen molar-refractivity contribution >= 4 is 0 Å². The van der Waals surface area contributed by atoms with E-state index in [1.165, 1.54) is 18.5 Å². The number of nitrogens with one attached hydrogen (secondary N) is 1. The van der Waals surface area contributed by atoms with Crippen molar-refractivity contribution in [1.82, 2.24) is 10.3 Å². The third kappa shape index (κ3) is 4.31. The summed E-state index contributed by atoms with van der Waals surface area (Å²) in [5.41, 5.74) is 1.17. The van der Waals surface area contributed by atoms with Crippen LogP contribution in [-0.4, -0.2) is 17.6 Å². The molecule has 0 saturated carbocycles. The molecule has 0 aromatic carbocycles. The van der Waals surface area contributed by atoms with Crippen LogP contribution in [0.25, 0.3) is 0 Å². The minimum absolute atomic E-state index is 0.610. The second kappa shape index (κ2) is 7.39. The van der Waals surface area contributed by atoms with Crippen LogP contribution in [-0.2, 0) is 6.42 Å². The van der Waals surface area contributed by atoms with Gasteiger partial charge in [-0.15, -0.1) is 0 Å². The molecule has 0 amide bonds. The Labute approximate surface area is 99.5 Å². The molecule has 0 fully saturated rings. The Balaban J connectivity index is 2.25. The zero-order valence-corrected chi connectivity index (χ0v) is 10.7. The Kier molecular flexibility index (Phi) is 6.09. The lowest BCUT2D eigenvalue weighted by Crippen LogP contribution is -2.34. The van der Waals surface area contributed by atoms with Crippen molar-refractivity contribution in [3.8, 4) is 0 Å². The first-order chi connectivity index (χ1) is 7.77. The molecule has 1 heterocycles. The molecule has 0 spiro atoms. The summed E-state index contributed by atoms with van der Waals surface area (Å²) in [5, 5.41) is 3.59. The number of nitrogens with zero attached hydrogens (tertiary/aromatic N) is 1. The summed E-state index contributed by atoms with van der Waals surface area (Å²) in [7, 11) is 0. The quantitative estimate of drug-likeness (QED) is 0.764. The second-order valence-electron chi connectivity index (χ2n) is 4.39. The smallest absolute Gasteiger partial charge is 0.0416 e. The highest BCUT2D eigenvalue weighted by molar-refractivity contribution is 5.03. The predicted molar refractivity (Wildman–Crippen MR) is 69.5 cm³/mol. The van der Waals surface area contributed by atoms with Gasteiger partial charge in [-0.05, 0) is 25.0 Å². The average Bonchev–Trinajstić information content (AvgIpc) is 2.32. The van der Waals surface area contributed by atoms with Crippen molar-refractivity contribution in [1.29, 1.82) is 0 Å². The first kappa shape index (κ1) is 13.2. The SMILES string of the molecule is CCC(CC)C(C)NCCc1ccccn1. The topological polar surface area (TPSA) is 24.9 Å². The first-order valence-corrected chi connectivity index (χ1v) is 6.41. The maximum Gasteiger partial charge on any atom is 0.0416 e. The van der Waals surface area contributed by atoms with Crippen molar-refractivity contribution in [3.63, 3.8) is 0 Å². The van der Waals surface area contributed by atoms with Crippen LogP contribution in [0.15, 0.2) is 24.4 Å². The van der Waals surface area contributed by atoms with E-state index >= 15 is 0 Å². The third-order valence-electron chi connectivity index (χ3n) is 3.33. The van der Waals surface area contributed by atoms with Crippen molar-refractivity contribution in [2.75, 3.05) is 6.54 Å². The van der Waals surface area contributed by atoms with Gasteiger partial charge >= 0.3 is 0 Å². The van der Waals surface area contributed by atoms with Crippen LogP contribution in [0.1, 0.15) is 39.3 Å². The predicted octanol–water partition coefficient (Wildman–Crippen LogP) is 3.04. The molecule has 2 heteroatoms. The van der Waals surface area contributed by atoms with Crippen LogP contribution in [0.2, 0.25) is 0 Å². The summed E-state index contributed by atoms with van der Waals surface area (Å²) >= 11 is 0. The molecule has 1 rings (SSSR count). The van der Waals surface area contributed by atoms with E-state index < -0.39 is 0 Å². The van der Waals surface area contributed by atoms with E-state index in [1.807, 2.05) is 18.3 Å². The van der Waals surface area contributed by atoms with E-state index in [-0.39, 0.29) is 0 Å². The molecule has 0 saturated heterocycles. The fourth-order valence-electron chi connectivity index (χ4n) is 2.14. The van der Waals surface area contributed by atoms with Gasteiger partial charge in [0.1, 0.15) is 0 Å². The molecule has 1 aromatic rings. The number of pyridine rings is 1. The summed E-state index contributed by atoms with van der Waals surface area (Å²) in [5.74, 6) is 0.795. The average molecular weight is 220 g/mol. The Morgan fingerprint density at radius 2 is 2.00 bits per heavy atom. The Morgan fingerprint density at radius 3 is 2.56 bits per heavy atom.